The van der Waals surface area contributed by atoms with Gasteiger partial charge in [0, 0.05) is 18.8 Å². The zero-order valence-electron chi connectivity index (χ0n) is 17.0. The molecule has 29 heavy (non-hydrogen) atoms. The van der Waals surface area contributed by atoms with Crippen LogP contribution in [0.2, 0.25) is 0 Å². The van der Waals surface area contributed by atoms with Gasteiger partial charge in [0.2, 0.25) is 0 Å². The van der Waals surface area contributed by atoms with Crippen LogP contribution < -0.4 is 5.73 Å². The average Bonchev–Trinajstić information content (AvgIpc) is 3.28. The first-order chi connectivity index (χ1) is 13.9. The van der Waals surface area contributed by atoms with Gasteiger partial charge in [-0.1, -0.05) is 30.4 Å². The largest absolute Gasteiger partial charge is 0.438 e. The van der Waals surface area contributed by atoms with Gasteiger partial charge in [-0.15, -0.1) is 5.10 Å². The van der Waals surface area contributed by atoms with E-state index in [1.165, 1.54) is 0 Å². The molecular weight excluding hydrogens is 372 g/mol. The molecule has 4 unspecified atom stereocenters. The molecule has 0 aliphatic carbocycles. The topological polar surface area (TPSA) is 119 Å². The number of cyclic esters (lactones) is 1. The fourth-order valence-electron chi connectivity index (χ4n) is 3.78. The molecule has 2 aromatic rings. The van der Waals surface area contributed by atoms with Crippen LogP contribution in [0.4, 0.5) is 4.79 Å². The van der Waals surface area contributed by atoms with Gasteiger partial charge in [-0.3, -0.25) is 9.88 Å². The summed E-state index contributed by atoms with van der Waals surface area (Å²) < 4.78 is 7.24. The Hall–Kier alpha value is -2.78. The number of aliphatic hydroxyl groups excluding tert-OH is 1. The second-order valence-corrected chi connectivity index (χ2v) is 7.44. The SMILES string of the molecule is CCC(O)C1(C)OC(=O)N(CC=CCn2cc(-c3ccccn3)nn2)C1C(C)N. The normalized spacial score (nSPS) is 24.1. The van der Waals surface area contributed by atoms with Crippen molar-refractivity contribution in [1.29, 1.82) is 0 Å². The molecule has 0 bridgehead atoms. The maximum Gasteiger partial charge on any atom is 0.411 e. The number of hydrogen-bond acceptors (Lipinski definition) is 7. The highest BCUT2D eigenvalue weighted by Crippen LogP contribution is 2.35. The van der Waals surface area contributed by atoms with Crippen LogP contribution in [-0.2, 0) is 11.3 Å². The number of allylic oxidation sites excluding steroid dienone is 1. The number of aromatic nitrogens is 4. The second kappa shape index (κ2) is 8.71. The van der Waals surface area contributed by atoms with Gasteiger partial charge in [0.25, 0.3) is 0 Å². The summed E-state index contributed by atoms with van der Waals surface area (Å²) in [7, 11) is 0. The van der Waals surface area contributed by atoms with E-state index in [4.69, 9.17) is 10.5 Å². The highest BCUT2D eigenvalue weighted by molar-refractivity contribution is 5.72. The van der Waals surface area contributed by atoms with Crippen molar-refractivity contribution in [1.82, 2.24) is 24.9 Å². The monoisotopic (exact) mass is 400 g/mol. The van der Waals surface area contributed by atoms with E-state index in [0.717, 1.165) is 5.69 Å². The predicted molar refractivity (Wildman–Crippen MR) is 108 cm³/mol. The number of hydrogen-bond donors (Lipinski definition) is 2. The van der Waals surface area contributed by atoms with Crippen molar-refractivity contribution in [2.75, 3.05) is 6.54 Å². The summed E-state index contributed by atoms with van der Waals surface area (Å²) in [4.78, 5) is 18.2. The van der Waals surface area contributed by atoms with Crippen molar-refractivity contribution in [2.45, 2.75) is 57.5 Å². The highest BCUT2D eigenvalue weighted by atomic mass is 16.6. The van der Waals surface area contributed by atoms with Gasteiger partial charge in [-0.25, -0.2) is 9.48 Å². The molecule has 0 radical (unpaired) electrons. The van der Waals surface area contributed by atoms with Gasteiger partial charge in [-0.2, -0.15) is 0 Å². The molecule has 1 aliphatic rings. The zero-order chi connectivity index (χ0) is 21.0. The third kappa shape index (κ3) is 4.30. The third-order valence-electron chi connectivity index (χ3n) is 5.24. The molecule has 3 heterocycles. The molecule has 1 fully saturated rings. The predicted octanol–water partition coefficient (Wildman–Crippen LogP) is 1.59. The number of aliphatic hydroxyl groups is 1. The molecule has 0 saturated carbocycles. The molecule has 1 saturated heterocycles. The lowest BCUT2D eigenvalue weighted by Gasteiger charge is -2.37. The van der Waals surface area contributed by atoms with Crippen molar-refractivity contribution in [3.8, 4) is 11.4 Å². The summed E-state index contributed by atoms with van der Waals surface area (Å²) in [6.07, 6.45) is 6.51. The Morgan fingerprint density at radius 1 is 1.34 bits per heavy atom. The Balaban J connectivity index is 1.64. The van der Waals surface area contributed by atoms with Crippen molar-refractivity contribution < 1.29 is 14.6 Å². The minimum atomic E-state index is -1.03. The number of pyridine rings is 1. The van der Waals surface area contributed by atoms with Gasteiger partial charge in [0.1, 0.15) is 5.69 Å². The van der Waals surface area contributed by atoms with E-state index in [0.29, 0.717) is 25.2 Å². The van der Waals surface area contributed by atoms with Crippen LogP contribution >= 0.6 is 0 Å². The smallest absolute Gasteiger partial charge is 0.411 e. The summed E-state index contributed by atoms with van der Waals surface area (Å²) in [5.74, 6) is 0. The summed E-state index contributed by atoms with van der Waals surface area (Å²) in [5, 5.41) is 18.6. The molecule has 1 aliphatic heterocycles. The average molecular weight is 400 g/mol. The molecule has 2 aromatic heterocycles. The van der Waals surface area contributed by atoms with Crippen molar-refractivity contribution in [3.05, 3.63) is 42.7 Å². The molecule has 4 atom stereocenters. The number of carbonyl (C=O) groups excluding carboxylic acids is 1. The Morgan fingerprint density at radius 3 is 2.76 bits per heavy atom. The quantitative estimate of drug-likeness (QED) is 0.646. The summed E-state index contributed by atoms with van der Waals surface area (Å²) in [6, 6.07) is 4.85. The summed E-state index contributed by atoms with van der Waals surface area (Å²) in [5.41, 5.74) is 6.56. The van der Waals surface area contributed by atoms with Gasteiger partial charge >= 0.3 is 6.09 Å². The van der Waals surface area contributed by atoms with Crippen molar-refractivity contribution in [3.63, 3.8) is 0 Å². The molecule has 0 aromatic carbocycles. The van der Waals surface area contributed by atoms with Crippen LogP contribution in [0.25, 0.3) is 11.4 Å². The van der Waals surface area contributed by atoms with E-state index in [1.807, 2.05) is 50.4 Å². The molecule has 0 spiro atoms. The Kier molecular flexibility index (Phi) is 6.29. The fraction of sp³-hybridized carbons (Fsp3) is 0.500. The standard InChI is InChI=1S/C20H28N6O3/c1-4-17(27)20(3)18(14(2)21)26(19(28)29-20)12-8-7-11-25-13-16(23-24-25)15-9-5-6-10-22-15/h5-10,13-14,17-18,27H,4,11-12,21H2,1-3H3. The van der Waals surface area contributed by atoms with Crippen LogP contribution in [0, 0.1) is 0 Å². The van der Waals surface area contributed by atoms with E-state index in [1.54, 1.807) is 22.7 Å². The lowest BCUT2D eigenvalue weighted by Crippen LogP contribution is -2.58. The summed E-state index contributed by atoms with van der Waals surface area (Å²) in [6.45, 7) is 6.24. The first-order valence-corrected chi connectivity index (χ1v) is 9.76. The van der Waals surface area contributed by atoms with Crippen molar-refractivity contribution >= 4 is 6.09 Å². The molecule has 3 N–H and O–H groups in total. The van der Waals surface area contributed by atoms with Crippen LogP contribution in [0.3, 0.4) is 0 Å². The van der Waals surface area contributed by atoms with Gasteiger partial charge in [0.05, 0.1) is 30.6 Å². The van der Waals surface area contributed by atoms with Crippen LogP contribution in [0.5, 0.6) is 0 Å². The first kappa shape index (κ1) is 20.9. The van der Waals surface area contributed by atoms with E-state index in [-0.39, 0.29) is 6.04 Å². The maximum atomic E-state index is 12.4. The molecule has 156 valence electrons. The number of nitrogens with two attached hydrogens (primary N) is 1. The minimum Gasteiger partial charge on any atom is -0.438 e. The Bertz CT molecular complexity index is 853. The maximum absolute atomic E-state index is 12.4. The second-order valence-electron chi connectivity index (χ2n) is 7.44. The van der Waals surface area contributed by atoms with Crippen LogP contribution in [0.1, 0.15) is 27.2 Å². The fourth-order valence-corrected chi connectivity index (χ4v) is 3.78. The van der Waals surface area contributed by atoms with E-state index in [9.17, 15) is 9.90 Å². The first-order valence-electron chi connectivity index (χ1n) is 9.76. The molecule has 9 heteroatoms. The Morgan fingerprint density at radius 2 is 2.10 bits per heavy atom. The van der Waals surface area contributed by atoms with Crippen molar-refractivity contribution in [2.24, 2.45) is 5.73 Å². The summed E-state index contributed by atoms with van der Waals surface area (Å²) >= 11 is 0. The highest BCUT2D eigenvalue weighted by Gasteiger charge is 2.55. The molecule has 1 amide bonds. The van der Waals surface area contributed by atoms with E-state index >= 15 is 0 Å². The zero-order valence-corrected chi connectivity index (χ0v) is 17.0. The minimum absolute atomic E-state index is 0.332. The number of carbonyl (C=O) groups is 1. The number of nitrogens with zero attached hydrogens (tertiary/aromatic N) is 5. The molecular formula is C20H28N6O3. The number of amides is 1. The van der Waals surface area contributed by atoms with Crippen LogP contribution in [-0.4, -0.2) is 66.4 Å². The third-order valence-corrected chi connectivity index (χ3v) is 5.24. The van der Waals surface area contributed by atoms with Crippen LogP contribution in [0.15, 0.2) is 42.7 Å². The molecule has 3 rings (SSSR count). The van der Waals surface area contributed by atoms with E-state index < -0.39 is 23.8 Å². The van der Waals surface area contributed by atoms with Gasteiger partial charge in [-0.05, 0) is 32.4 Å². The van der Waals surface area contributed by atoms with Gasteiger partial charge < -0.3 is 15.6 Å². The molecule has 9 nitrogen and oxygen atoms in total. The number of ether oxygens (including phenoxy) is 1. The Labute approximate surface area is 170 Å². The van der Waals surface area contributed by atoms with Gasteiger partial charge in [0.15, 0.2) is 5.60 Å². The van der Waals surface area contributed by atoms with E-state index in [2.05, 4.69) is 15.3 Å². The lowest BCUT2D eigenvalue weighted by atomic mass is 9.85. The number of rotatable bonds is 8. The lowest BCUT2D eigenvalue weighted by molar-refractivity contribution is -0.0642.